The molecule has 0 saturated heterocycles. The van der Waals surface area contributed by atoms with Crippen LogP contribution in [0.2, 0.25) is 0 Å². The largest absolute Gasteiger partial charge is 0.476 e. The first-order valence-electron chi connectivity index (χ1n) is 11.6. The first-order valence-corrected chi connectivity index (χ1v) is 12.4. The predicted octanol–water partition coefficient (Wildman–Crippen LogP) is 4.31. The van der Waals surface area contributed by atoms with Gasteiger partial charge in [0.05, 0.1) is 6.54 Å². The standard InChI is InChI=1S/C26H25N3O5S/c30-23(31)21-15-35-22(28-21)13-27-24(32)26(11-5-6-12-26)29-25(33)34-14-20-18-9-3-1-7-16(18)17-8-2-4-10-19(17)20/h1-4,7-10,15,20H,5-6,11-14H2,(H,27,32)(H,29,33)(H,30,31). The van der Waals surface area contributed by atoms with Gasteiger partial charge < -0.3 is 20.5 Å². The van der Waals surface area contributed by atoms with Crippen LogP contribution in [0.1, 0.15) is 58.2 Å². The minimum atomic E-state index is -1.11. The fourth-order valence-electron chi connectivity index (χ4n) is 5.03. The third-order valence-corrected chi connectivity index (χ3v) is 7.60. The van der Waals surface area contributed by atoms with Crippen molar-refractivity contribution < 1.29 is 24.2 Å². The van der Waals surface area contributed by atoms with Crippen molar-refractivity contribution in [2.45, 2.75) is 43.7 Å². The molecule has 2 aliphatic rings. The molecule has 1 saturated carbocycles. The summed E-state index contributed by atoms with van der Waals surface area (Å²) >= 11 is 1.17. The number of aromatic nitrogens is 1. The van der Waals surface area contributed by atoms with Crippen molar-refractivity contribution >= 4 is 29.3 Å². The molecule has 2 aliphatic carbocycles. The van der Waals surface area contributed by atoms with Gasteiger partial charge in [0.15, 0.2) is 5.69 Å². The van der Waals surface area contributed by atoms with E-state index in [4.69, 9.17) is 9.84 Å². The molecule has 0 bridgehead atoms. The highest BCUT2D eigenvalue weighted by Crippen LogP contribution is 2.44. The lowest BCUT2D eigenvalue weighted by Crippen LogP contribution is -2.57. The number of nitrogens with one attached hydrogen (secondary N) is 2. The minimum Gasteiger partial charge on any atom is -0.476 e. The summed E-state index contributed by atoms with van der Waals surface area (Å²) in [6.07, 6.45) is 2.05. The second-order valence-corrected chi connectivity index (χ2v) is 9.80. The molecular formula is C26H25N3O5S. The van der Waals surface area contributed by atoms with E-state index in [0.717, 1.165) is 35.1 Å². The molecule has 0 radical (unpaired) electrons. The van der Waals surface area contributed by atoms with Crippen LogP contribution < -0.4 is 10.6 Å². The molecule has 2 amide bonds. The zero-order valence-corrected chi connectivity index (χ0v) is 19.8. The van der Waals surface area contributed by atoms with Crippen LogP contribution in [-0.4, -0.2) is 40.2 Å². The van der Waals surface area contributed by atoms with Gasteiger partial charge in [0, 0.05) is 11.3 Å². The number of benzene rings is 2. The summed E-state index contributed by atoms with van der Waals surface area (Å²) in [5.41, 5.74) is 3.45. The van der Waals surface area contributed by atoms with Crippen molar-refractivity contribution in [1.29, 1.82) is 0 Å². The van der Waals surface area contributed by atoms with E-state index in [1.807, 2.05) is 24.3 Å². The molecule has 35 heavy (non-hydrogen) atoms. The van der Waals surface area contributed by atoms with Gasteiger partial charge in [0.25, 0.3) is 0 Å². The second-order valence-electron chi connectivity index (χ2n) is 8.85. The normalized spacial score (nSPS) is 15.8. The number of alkyl carbamates (subject to hydrolysis) is 1. The van der Waals surface area contributed by atoms with E-state index in [1.165, 1.54) is 16.7 Å². The Morgan fingerprint density at radius 2 is 1.66 bits per heavy atom. The van der Waals surface area contributed by atoms with Crippen molar-refractivity contribution in [2.24, 2.45) is 0 Å². The van der Waals surface area contributed by atoms with E-state index in [1.54, 1.807) is 0 Å². The Morgan fingerprint density at radius 1 is 1.03 bits per heavy atom. The molecule has 8 nitrogen and oxygen atoms in total. The van der Waals surface area contributed by atoms with Gasteiger partial charge in [-0.05, 0) is 35.1 Å². The molecule has 5 rings (SSSR count). The number of thiazole rings is 1. The summed E-state index contributed by atoms with van der Waals surface area (Å²) in [4.78, 5) is 41.0. The minimum absolute atomic E-state index is 0.0495. The maximum absolute atomic E-state index is 13.1. The maximum Gasteiger partial charge on any atom is 0.408 e. The highest BCUT2D eigenvalue weighted by molar-refractivity contribution is 7.09. The number of fused-ring (bicyclic) bond motifs is 3. The van der Waals surface area contributed by atoms with Crippen LogP contribution in [0.5, 0.6) is 0 Å². The van der Waals surface area contributed by atoms with Crippen molar-refractivity contribution in [2.75, 3.05) is 6.61 Å². The van der Waals surface area contributed by atoms with Crippen LogP contribution in [0.15, 0.2) is 53.9 Å². The fourth-order valence-corrected chi connectivity index (χ4v) is 5.74. The highest BCUT2D eigenvalue weighted by atomic mass is 32.1. The van der Waals surface area contributed by atoms with Gasteiger partial charge in [0.1, 0.15) is 17.2 Å². The lowest BCUT2D eigenvalue weighted by molar-refractivity contribution is -0.127. The zero-order chi connectivity index (χ0) is 24.4. The van der Waals surface area contributed by atoms with Gasteiger partial charge in [-0.1, -0.05) is 61.4 Å². The number of carbonyl (C=O) groups excluding carboxylic acids is 2. The van der Waals surface area contributed by atoms with Crippen molar-refractivity contribution in [3.63, 3.8) is 0 Å². The molecule has 2 aromatic carbocycles. The third-order valence-electron chi connectivity index (χ3n) is 6.75. The topological polar surface area (TPSA) is 118 Å². The number of carboxylic acid groups (broad SMARTS) is 1. The Labute approximate surface area is 206 Å². The number of hydrogen-bond acceptors (Lipinski definition) is 6. The predicted molar refractivity (Wildman–Crippen MR) is 130 cm³/mol. The molecule has 3 aromatic rings. The number of carboxylic acids is 1. The number of carbonyl (C=O) groups is 3. The fraction of sp³-hybridized carbons (Fsp3) is 0.308. The number of hydrogen-bond donors (Lipinski definition) is 3. The van der Waals surface area contributed by atoms with Crippen LogP contribution in [0.25, 0.3) is 11.1 Å². The first kappa shape index (κ1) is 23.0. The van der Waals surface area contributed by atoms with Gasteiger partial charge >= 0.3 is 12.1 Å². The Morgan fingerprint density at radius 3 is 2.26 bits per heavy atom. The summed E-state index contributed by atoms with van der Waals surface area (Å²) < 4.78 is 5.66. The Hall–Kier alpha value is -3.72. The quantitative estimate of drug-likeness (QED) is 0.453. The number of rotatable bonds is 7. The van der Waals surface area contributed by atoms with E-state index in [-0.39, 0.29) is 30.7 Å². The highest BCUT2D eigenvalue weighted by Gasteiger charge is 2.43. The maximum atomic E-state index is 13.1. The molecule has 0 spiro atoms. The Balaban J connectivity index is 1.23. The average molecular weight is 492 g/mol. The van der Waals surface area contributed by atoms with Gasteiger partial charge in [-0.15, -0.1) is 11.3 Å². The molecule has 1 aromatic heterocycles. The average Bonchev–Trinajstić information content (AvgIpc) is 3.60. The van der Waals surface area contributed by atoms with E-state index in [0.29, 0.717) is 17.8 Å². The summed E-state index contributed by atoms with van der Waals surface area (Å²) in [7, 11) is 0. The molecule has 1 fully saturated rings. The smallest absolute Gasteiger partial charge is 0.408 e. The summed E-state index contributed by atoms with van der Waals surface area (Å²) in [5.74, 6) is -1.48. The second kappa shape index (κ2) is 9.50. The molecule has 0 atom stereocenters. The molecular weight excluding hydrogens is 466 g/mol. The number of aromatic carboxylic acids is 1. The zero-order valence-electron chi connectivity index (χ0n) is 19.0. The monoisotopic (exact) mass is 491 g/mol. The lowest BCUT2D eigenvalue weighted by atomic mass is 9.96. The van der Waals surface area contributed by atoms with Crippen LogP contribution >= 0.6 is 11.3 Å². The van der Waals surface area contributed by atoms with Gasteiger partial charge in [-0.2, -0.15) is 0 Å². The summed E-state index contributed by atoms with van der Waals surface area (Å²) in [6.45, 7) is 0.277. The Bertz CT molecular complexity index is 1240. The van der Waals surface area contributed by atoms with E-state index < -0.39 is 17.6 Å². The number of ether oxygens (including phenoxy) is 1. The molecule has 9 heteroatoms. The Kier molecular flexibility index (Phi) is 6.25. The van der Waals surface area contributed by atoms with E-state index >= 15 is 0 Å². The van der Waals surface area contributed by atoms with Crippen LogP contribution in [0.4, 0.5) is 4.79 Å². The molecule has 180 valence electrons. The third kappa shape index (κ3) is 4.51. The van der Waals surface area contributed by atoms with Crippen molar-refractivity contribution in [3.05, 3.63) is 75.7 Å². The lowest BCUT2D eigenvalue weighted by Gasteiger charge is -2.28. The van der Waals surface area contributed by atoms with E-state index in [2.05, 4.69) is 39.9 Å². The SMILES string of the molecule is O=C(NC1(C(=O)NCc2nc(C(=O)O)cs2)CCCC1)OCC1c2ccccc2-c2ccccc21. The van der Waals surface area contributed by atoms with Gasteiger partial charge in [-0.3, -0.25) is 4.79 Å². The number of nitrogens with zero attached hydrogens (tertiary/aromatic N) is 1. The van der Waals surface area contributed by atoms with Crippen LogP contribution in [-0.2, 0) is 16.1 Å². The molecule has 0 aliphatic heterocycles. The van der Waals surface area contributed by atoms with Gasteiger partial charge in [-0.25, -0.2) is 14.6 Å². The van der Waals surface area contributed by atoms with Crippen molar-refractivity contribution in [3.8, 4) is 11.1 Å². The van der Waals surface area contributed by atoms with Crippen molar-refractivity contribution in [1.82, 2.24) is 15.6 Å². The van der Waals surface area contributed by atoms with Gasteiger partial charge in [0.2, 0.25) is 5.91 Å². The molecule has 0 unspecified atom stereocenters. The summed E-state index contributed by atoms with van der Waals surface area (Å²) in [6, 6.07) is 16.2. The summed E-state index contributed by atoms with van der Waals surface area (Å²) in [5, 5.41) is 16.6. The molecule has 1 heterocycles. The molecule has 3 N–H and O–H groups in total. The van der Waals surface area contributed by atoms with Crippen LogP contribution in [0.3, 0.4) is 0 Å². The number of amides is 2. The van der Waals surface area contributed by atoms with Crippen LogP contribution in [0, 0.1) is 0 Å². The van der Waals surface area contributed by atoms with E-state index in [9.17, 15) is 14.4 Å². The first-order chi connectivity index (χ1) is 17.0.